The van der Waals surface area contributed by atoms with E-state index in [1.807, 2.05) is 0 Å². The van der Waals surface area contributed by atoms with Gasteiger partial charge in [-0.3, -0.25) is 9.69 Å². The number of nitrogens with zero attached hydrogens (tertiary/aromatic N) is 2. The second-order valence-corrected chi connectivity index (χ2v) is 7.60. The molecule has 3 atom stereocenters. The van der Waals surface area contributed by atoms with Gasteiger partial charge in [0.2, 0.25) is 5.91 Å². The first-order chi connectivity index (χ1) is 9.56. The molecule has 20 heavy (non-hydrogen) atoms. The van der Waals surface area contributed by atoms with Crippen molar-refractivity contribution < 1.29 is 4.79 Å². The van der Waals surface area contributed by atoms with Crippen LogP contribution >= 0.6 is 27.3 Å². The van der Waals surface area contributed by atoms with Crippen LogP contribution in [0.1, 0.15) is 30.7 Å². The maximum Gasteiger partial charge on any atom is 0.222 e. The summed E-state index contributed by atoms with van der Waals surface area (Å²) in [4.78, 5) is 17.6. The summed E-state index contributed by atoms with van der Waals surface area (Å²) in [6, 6.07) is 2.90. The number of hydrogen-bond acceptors (Lipinski definition) is 4. The Hall–Kier alpha value is -0.430. The van der Waals surface area contributed by atoms with Crippen LogP contribution in [0.5, 0.6) is 0 Å². The third kappa shape index (κ3) is 2.66. The Kier molecular flexibility index (Phi) is 4.17. The molecule has 2 aliphatic rings. The van der Waals surface area contributed by atoms with Gasteiger partial charge in [0.05, 0.1) is 6.04 Å². The summed E-state index contributed by atoms with van der Waals surface area (Å²) < 4.78 is 1.12. The average Bonchev–Trinajstić information content (AvgIpc) is 2.97. The summed E-state index contributed by atoms with van der Waals surface area (Å²) in [6.45, 7) is 4.79. The number of carbonyl (C=O) groups is 1. The average molecular weight is 358 g/mol. The monoisotopic (exact) mass is 357 g/mol. The van der Waals surface area contributed by atoms with Crippen LogP contribution < -0.4 is 5.73 Å². The number of hydrogen-bond donors (Lipinski definition) is 1. The zero-order chi connectivity index (χ0) is 14.3. The first kappa shape index (κ1) is 14.5. The molecule has 2 N–H and O–H groups in total. The van der Waals surface area contributed by atoms with E-state index in [1.54, 1.807) is 11.3 Å². The van der Waals surface area contributed by atoms with Crippen molar-refractivity contribution in [3.8, 4) is 0 Å². The van der Waals surface area contributed by atoms with E-state index in [0.717, 1.165) is 30.5 Å². The fourth-order valence-corrected chi connectivity index (χ4v) is 5.09. The second-order valence-electron chi connectivity index (χ2n) is 5.75. The number of halogens is 1. The number of fused-ring (bicyclic) bond motifs is 1. The Morgan fingerprint density at radius 3 is 2.95 bits per heavy atom. The molecule has 0 spiro atoms. The molecule has 2 aliphatic heterocycles. The molecule has 1 amide bonds. The van der Waals surface area contributed by atoms with Gasteiger partial charge in [-0.1, -0.05) is 0 Å². The molecule has 3 heterocycles. The number of thiophene rings is 1. The van der Waals surface area contributed by atoms with Crippen LogP contribution in [0.4, 0.5) is 0 Å². The normalized spacial score (nSPS) is 26.6. The maximum atomic E-state index is 11.8. The lowest BCUT2D eigenvalue weighted by Crippen LogP contribution is -2.54. The zero-order valence-electron chi connectivity index (χ0n) is 11.6. The summed E-state index contributed by atoms with van der Waals surface area (Å²) >= 11 is 5.28. The fourth-order valence-electron chi connectivity index (χ4n) is 3.40. The van der Waals surface area contributed by atoms with E-state index in [9.17, 15) is 4.79 Å². The SMILES string of the molecule is CC(N)C(c1cc(Br)cs1)N1CCN2C(=O)CCC2C1. The zero-order valence-corrected chi connectivity index (χ0v) is 14.0. The number of amides is 1. The van der Waals surface area contributed by atoms with E-state index in [1.165, 1.54) is 4.88 Å². The largest absolute Gasteiger partial charge is 0.337 e. The second kappa shape index (κ2) is 5.75. The standard InChI is InChI=1S/C14H20BrN3OS/c1-9(16)14(12-6-10(15)8-20-12)17-4-5-18-11(7-17)2-3-13(18)19/h6,8-9,11,14H,2-5,7,16H2,1H3. The van der Waals surface area contributed by atoms with E-state index >= 15 is 0 Å². The fraction of sp³-hybridized carbons (Fsp3) is 0.643. The van der Waals surface area contributed by atoms with Gasteiger partial charge in [0, 0.05) is 52.9 Å². The third-order valence-corrected chi connectivity index (χ3v) is 6.06. The van der Waals surface area contributed by atoms with Crippen LogP contribution in [0.25, 0.3) is 0 Å². The van der Waals surface area contributed by atoms with Crippen molar-refractivity contribution in [3.63, 3.8) is 0 Å². The third-order valence-electron chi connectivity index (χ3n) is 4.30. The predicted octanol–water partition coefficient (Wildman–Crippen LogP) is 2.21. The molecule has 0 aliphatic carbocycles. The summed E-state index contributed by atoms with van der Waals surface area (Å²) in [5.41, 5.74) is 6.24. The summed E-state index contributed by atoms with van der Waals surface area (Å²) in [5, 5.41) is 2.11. The molecule has 110 valence electrons. The van der Waals surface area contributed by atoms with E-state index in [0.29, 0.717) is 18.4 Å². The van der Waals surface area contributed by atoms with Gasteiger partial charge in [-0.05, 0) is 35.3 Å². The van der Waals surface area contributed by atoms with Crippen LogP contribution in [0.2, 0.25) is 0 Å². The minimum absolute atomic E-state index is 0.0872. The molecule has 3 unspecified atom stereocenters. The number of carbonyl (C=O) groups excluding carboxylic acids is 1. The molecular formula is C14H20BrN3OS. The van der Waals surface area contributed by atoms with Crippen molar-refractivity contribution in [3.05, 3.63) is 20.8 Å². The Bertz CT molecular complexity index is 504. The topological polar surface area (TPSA) is 49.6 Å². The number of rotatable bonds is 3. The van der Waals surface area contributed by atoms with Crippen molar-refractivity contribution in [2.75, 3.05) is 19.6 Å². The van der Waals surface area contributed by atoms with Crippen LogP contribution in [-0.2, 0) is 4.79 Å². The highest BCUT2D eigenvalue weighted by Crippen LogP contribution is 2.34. The molecule has 1 aromatic rings. The molecule has 6 heteroatoms. The smallest absolute Gasteiger partial charge is 0.222 e. The van der Waals surface area contributed by atoms with Gasteiger partial charge in [0.1, 0.15) is 0 Å². The Balaban J connectivity index is 1.78. The first-order valence-electron chi connectivity index (χ1n) is 7.09. The lowest BCUT2D eigenvalue weighted by molar-refractivity contribution is -0.131. The number of piperazine rings is 1. The van der Waals surface area contributed by atoms with Gasteiger partial charge in [-0.2, -0.15) is 0 Å². The van der Waals surface area contributed by atoms with Gasteiger partial charge >= 0.3 is 0 Å². The van der Waals surface area contributed by atoms with E-state index in [4.69, 9.17) is 5.73 Å². The molecule has 0 radical (unpaired) electrons. The molecule has 4 nitrogen and oxygen atoms in total. The van der Waals surface area contributed by atoms with E-state index in [-0.39, 0.29) is 12.1 Å². The molecular weight excluding hydrogens is 338 g/mol. The quantitative estimate of drug-likeness (QED) is 0.901. The van der Waals surface area contributed by atoms with Gasteiger partial charge in [0.15, 0.2) is 0 Å². The Morgan fingerprint density at radius 2 is 2.30 bits per heavy atom. The van der Waals surface area contributed by atoms with Crippen LogP contribution in [0.3, 0.4) is 0 Å². The van der Waals surface area contributed by atoms with Crippen molar-refractivity contribution >= 4 is 33.2 Å². The molecule has 0 saturated carbocycles. The van der Waals surface area contributed by atoms with Crippen LogP contribution in [0.15, 0.2) is 15.9 Å². The molecule has 1 aromatic heterocycles. The van der Waals surface area contributed by atoms with Gasteiger partial charge in [-0.15, -0.1) is 11.3 Å². The van der Waals surface area contributed by atoms with Crippen molar-refractivity contribution in [2.24, 2.45) is 5.73 Å². The van der Waals surface area contributed by atoms with E-state index in [2.05, 4.69) is 44.1 Å². The van der Waals surface area contributed by atoms with Gasteiger partial charge in [-0.25, -0.2) is 0 Å². The summed E-state index contributed by atoms with van der Waals surface area (Å²) in [7, 11) is 0. The Morgan fingerprint density at radius 1 is 1.50 bits per heavy atom. The van der Waals surface area contributed by atoms with Crippen LogP contribution in [0, 0.1) is 0 Å². The maximum absolute atomic E-state index is 11.8. The highest BCUT2D eigenvalue weighted by atomic mass is 79.9. The van der Waals surface area contributed by atoms with Crippen LogP contribution in [-0.4, -0.2) is 47.4 Å². The van der Waals surface area contributed by atoms with Crippen molar-refractivity contribution in [1.82, 2.24) is 9.80 Å². The number of nitrogens with two attached hydrogens (primary N) is 1. The van der Waals surface area contributed by atoms with Crippen molar-refractivity contribution in [2.45, 2.75) is 37.9 Å². The summed E-state index contributed by atoms with van der Waals surface area (Å²) in [5.74, 6) is 0.325. The minimum Gasteiger partial charge on any atom is -0.337 e. The molecule has 2 saturated heterocycles. The highest BCUT2D eigenvalue weighted by Gasteiger charge is 2.38. The van der Waals surface area contributed by atoms with E-state index < -0.39 is 0 Å². The lowest BCUT2D eigenvalue weighted by atomic mass is 10.0. The van der Waals surface area contributed by atoms with Gasteiger partial charge < -0.3 is 10.6 Å². The molecule has 3 rings (SSSR count). The summed E-state index contributed by atoms with van der Waals surface area (Å²) in [6.07, 6.45) is 1.71. The first-order valence-corrected chi connectivity index (χ1v) is 8.76. The Labute approximate surface area is 132 Å². The molecule has 2 fully saturated rings. The molecule has 0 bridgehead atoms. The van der Waals surface area contributed by atoms with Gasteiger partial charge in [0.25, 0.3) is 0 Å². The predicted molar refractivity (Wildman–Crippen MR) is 84.7 cm³/mol. The minimum atomic E-state index is 0.0872. The highest BCUT2D eigenvalue weighted by molar-refractivity contribution is 9.10. The lowest BCUT2D eigenvalue weighted by Gasteiger charge is -2.42. The van der Waals surface area contributed by atoms with Crippen molar-refractivity contribution in [1.29, 1.82) is 0 Å². The molecule has 0 aromatic carbocycles.